The molecule has 0 aliphatic carbocycles. The van der Waals surface area contributed by atoms with Crippen molar-refractivity contribution in [3.63, 3.8) is 0 Å². The van der Waals surface area contributed by atoms with Gasteiger partial charge in [-0.05, 0) is 0 Å². The topological polar surface area (TPSA) is 37.0 Å². The monoisotopic (exact) mass is 139 g/mol. The minimum Gasteiger partial charge on any atom is -0.396 e. The van der Waals surface area contributed by atoms with Gasteiger partial charge in [-0.2, -0.15) is 0 Å². The summed E-state index contributed by atoms with van der Waals surface area (Å²) in [5, 5.41) is 8.56. The quantitative estimate of drug-likeness (QED) is 0.558. The summed E-state index contributed by atoms with van der Waals surface area (Å²) in [6.07, 6.45) is 6.12. The van der Waals surface area contributed by atoms with E-state index in [4.69, 9.17) is 5.11 Å². The largest absolute Gasteiger partial charge is 0.396 e. The third-order valence-corrected chi connectivity index (χ3v) is 1.26. The summed E-state index contributed by atoms with van der Waals surface area (Å²) in [5.41, 5.74) is 0.924. The summed E-state index contributed by atoms with van der Waals surface area (Å²) >= 11 is 0. The summed E-state index contributed by atoms with van der Waals surface area (Å²) in [6, 6.07) is 0. The maximum Gasteiger partial charge on any atom is 0.190 e. The maximum absolute atomic E-state index is 8.56. The summed E-state index contributed by atoms with van der Waals surface area (Å²) in [4.78, 5) is 4.05. The lowest BCUT2D eigenvalue weighted by Gasteiger charge is -1.92. The average Bonchev–Trinajstić information content (AvgIpc) is 1.88. The zero-order chi connectivity index (χ0) is 7.40. The number of aromatic nitrogens is 2. The Morgan fingerprint density at radius 3 is 3.10 bits per heavy atom. The predicted molar refractivity (Wildman–Crippen MR) is 36.2 cm³/mol. The molecule has 3 heteroatoms. The van der Waals surface area contributed by atoms with Crippen molar-refractivity contribution in [1.29, 1.82) is 0 Å². The van der Waals surface area contributed by atoms with Crippen molar-refractivity contribution in [2.45, 2.75) is 6.42 Å². The van der Waals surface area contributed by atoms with Gasteiger partial charge >= 0.3 is 0 Å². The molecule has 0 bridgehead atoms. The fraction of sp³-hybridized carbons (Fsp3) is 0.429. The van der Waals surface area contributed by atoms with Crippen molar-refractivity contribution < 1.29 is 9.67 Å². The van der Waals surface area contributed by atoms with E-state index in [9.17, 15) is 0 Å². The smallest absolute Gasteiger partial charge is 0.190 e. The first kappa shape index (κ1) is 7.15. The summed E-state index contributed by atoms with van der Waals surface area (Å²) in [5.74, 6) is 0. The molecule has 0 spiro atoms. The first-order valence-electron chi connectivity index (χ1n) is 3.24. The van der Waals surface area contributed by atoms with Gasteiger partial charge in [-0.3, -0.25) is 0 Å². The Morgan fingerprint density at radius 2 is 2.50 bits per heavy atom. The van der Waals surface area contributed by atoms with Crippen LogP contribution < -0.4 is 4.57 Å². The fourth-order valence-electron chi connectivity index (χ4n) is 0.789. The van der Waals surface area contributed by atoms with Gasteiger partial charge in [0.25, 0.3) is 0 Å². The van der Waals surface area contributed by atoms with E-state index in [1.807, 2.05) is 24.0 Å². The normalized spacial score (nSPS) is 9.80. The second kappa shape index (κ2) is 3.27. The maximum atomic E-state index is 8.56. The Hall–Kier alpha value is -0.960. The lowest BCUT2D eigenvalue weighted by atomic mass is 10.3. The molecule has 1 N–H and O–H groups in total. The molecule has 1 heterocycles. The lowest BCUT2D eigenvalue weighted by Crippen LogP contribution is -2.27. The molecule has 1 aromatic heterocycles. The van der Waals surface area contributed by atoms with Crippen LogP contribution in [0.5, 0.6) is 0 Å². The van der Waals surface area contributed by atoms with E-state index in [0.29, 0.717) is 6.42 Å². The Balaban J connectivity index is 2.75. The molecule has 54 valence electrons. The highest BCUT2D eigenvalue weighted by atomic mass is 16.3. The van der Waals surface area contributed by atoms with Gasteiger partial charge in [-0.15, -0.1) is 0 Å². The van der Waals surface area contributed by atoms with Crippen LogP contribution >= 0.6 is 0 Å². The van der Waals surface area contributed by atoms with Crippen molar-refractivity contribution in [1.82, 2.24) is 4.98 Å². The van der Waals surface area contributed by atoms with Crippen LogP contribution in [0.4, 0.5) is 0 Å². The lowest BCUT2D eigenvalue weighted by molar-refractivity contribution is -0.672. The number of nitrogens with zero attached hydrogens (tertiary/aromatic N) is 2. The third-order valence-electron chi connectivity index (χ3n) is 1.26. The number of aryl methyl sites for hydroxylation is 1. The molecule has 3 nitrogen and oxygen atoms in total. The Bertz CT molecular complexity index is 213. The molecule has 0 aliphatic rings. The first-order chi connectivity index (χ1) is 4.83. The van der Waals surface area contributed by atoms with Crippen molar-refractivity contribution >= 4 is 0 Å². The number of hydrogen-bond acceptors (Lipinski definition) is 2. The highest BCUT2D eigenvalue weighted by Gasteiger charge is 1.96. The summed E-state index contributed by atoms with van der Waals surface area (Å²) in [6.45, 7) is 0.164. The van der Waals surface area contributed by atoms with Gasteiger partial charge in [0, 0.05) is 13.0 Å². The van der Waals surface area contributed by atoms with Crippen LogP contribution in [0.15, 0.2) is 18.6 Å². The van der Waals surface area contributed by atoms with E-state index in [1.165, 1.54) is 0 Å². The zero-order valence-electron chi connectivity index (χ0n) is 5.99. The number of hydrogen-bond donors (Lipinski definition) is 1. The molecule has 0 fully saturated rings. The average molecular weight is 139 g/mol. The van der Waals surface area contributed by atoms with Crippen LogP contribution in [-0.4, -0.2) is 16.7 Å². The molecule has 1 rings (SSSR count). The van der Waals surface area contributed by atoms with Crippen molar-refractivity contribution in [2.75, 3.05) is 6.61 Å². The molecule has 1 aromatic rings. The molecule has 0 aliphatic heterocycles. The van der Waals surface area contributed by atoms with Crippen LogP contribution in [0.2, 0.25) is 0 Å². The standard InChI is InChI=1S/C7H11N2O/c1-9-4-3-8-7(6-9)2-5-10/h3-4,6,10H,2,5H2,1H3/q+1. The second-order valence-electron chi connectivity index (χ2n) is 2.19. The Morgan fingerprint density at radius 1 is 1.70 bits per heavy atom. The highest BCUT2D eigenvalue weighted by molar-refractivity contribution is 4.89. The minimum atomic E-state index is 0.164. The molecule has 0 radical (unpaired) electrons. The number of aliphatic hydroxyl groups is 1. The second-order valence-corrected chi connectivity index (χ2v) is 2.19. The van der Waals surface area contributed by atoms with Crippen LogP contribution in [0, 0.1) is 0 Å². The van der Waals surface area contributed by atoms with E-state index in [0.717, 1.165) is 5.69 Å². The predicted octanol–water partition coefficient (Wildman–Crippen LogP) is -0.559. The van der Waals surface area contributed by atoms with Crippen LogP contribution in [0.3, 0.4) is 0 Å². The molecule has 0 atom stereocenters. The van der Waals surface area contributed by atoms with Gasteiger partial charge < -0.3 is 5.11 Å². The van der Waals surface area contributed by atoms with Crippen molar-refractivity contribution in [2.24, 2.45) is 7.05 Å². The van der Waals surface area contributed by atoms with E-state index in [-0.39, 0.29) is 6.61 Å². The molecule has 0 amide bonds. The van der Waals surface area contributed by atoms with E-state index in [2.05, 4.69) is 4.98 Å². The summed E-state index contributed by atoms with van der Waals surface area (Å²) in [7, 11) is 1.93. The molecule has 0 saturated heterocycles. The molecule has 0 saturated carbocycles. The van der Waals surface area contributed by atoms with Crippen molar-refractivity contribution in [3.05, 3.63) is 24.3 Å². The van der Waals surface area contributed by atoms with Gasteiger partial charge in [0.2, 0.25) is 0 Å². The Kier molecular flexibility index (Phi) is 2.34. The van der Waals surface area contributed by atoms with E-state index >= 15 is 0 Å². The van der Waals surface area contributed by atoms with Gasteiger partial charge in [0.05, 0.1) is 6.20 Å². The Labute approximate surface area is 60.0 Å². The molecule has 10 heavy (non-hydrogen) atoms. The van der Waals surface area contributed by atoms with Crippen LogP contribution in [-0.2, 0) is 13.5 Å². The SMILES string of the molecule is C[n+]1ccnc(CCO)c1. The summed E-state index contributed by atoms with van der Waals surface area (Å²) < 4.78 is 1.91. The van der Waals surface area contributed by atoms with Gasteiger partial charge in [0.1, 0.15) is 12.7 Å². The molecule has 0 unspecified atom stereocenters. The van der Waals surface area contributed by atoms with Crippen LogP contribution in [0.25, 0.3) is 0 Å². The fourth-order valence-corrected chi connectivity index (χ4v) is 0.789. The van der Waals surface area contributed by atoms with E-state index < -0.39 is 0 Å². The first-order valence-corrected chi connectivity index (χ1v) is 3.24. The van der Waals surface area contributed by atoms with Gasteiger partial charge in [-0.25, -0.2) is 9.55 Å². The molecular weight excluding hydrogens is 128 g/mol. The molecular formula is C7H11N2O+. The van der Waals surface area contributed by atoms with E-state index in [1.54, 1.807) is 6.20 Å². The molecule has 0 aromatic carbocycles. The van der Waals surface area contributed by atoms with Crippen molar-refractivity contribution in [3.8, 4) is 0 Å². The number of rotatable bonds is 2. The van der Waals surface area contributed by atoms with Gasteiger partial charge in [0.15, 0.2) is 12.4 Å². The minimum absolute atomic E-state index is 0.164. The van der Waals surface area contributed by atoms with Crippen LogP contribution in [0.1, 0.15) is 5.69 Å². The number of aliphatic hydroxyl groups excluding tert-OH is 1. The van der Waals surface area contributed by atoms with Gasteiger partial charge in [-0.1, -0.05) is 0 Å². The third kappa shape index (κ3) is 1.77. The highest BCUT2D eigenvalue weighted by Crippen LogP contribution is 1.87. The zero-order valence-corrected chi connectivity index (χ0v) is 5.99.